The lowest BCUT2D eigenvalue weighted by molar-refractivity contribution is 0.247. The predicted molar refractivity (Wildman–Crippen MR) is 54.0 cm³/mol. The van der Waals surface area contributed by atoms with E-state index in [1.54, 1.807) is 0 Å². The quantitative estimate of drug-likeness (QED) is 0.504. The third-order valence-electron chi connectivity index (χ3n) is 2.04. The standard InChI is InChI=1S/C8H16N2O3S/c1-2-9-5-6-10(8-9)4-3-7-13-14(11)12/h5-6,14H,2-4,7-8H2,1H3. The van der Waals surface area contributed by atoms with Crippen LogP contribution in [0.25, 0.3) is 0 Å². The van der Waals surface area contributed by atoms with Crippen LogP contribution in [0.2, 0.25) is 0 Å². The van der Waals surface area contributed by atoms with Crippen molar-refractivity contribution in [1.29, 1.82) is 0 Å². The highest BCUT2D eigenvalue weighted by Gasteiger charge is 2.09. The fraction of sp³-hybridized carbons (Fsp3) is 0.750. The van der Waals surface area contributed by atoms with Crippen molar-refractivity contribution in [2.75, 3.05) is 26.4 Å². The van der Waals surface area contributed by atoms with Gasteiger partial charge in [0, 0.05) is 25.5 Å². The molecule has 0 saturated heterocycles. The minimum Gasteiger partial charge on any atom is -0.359 e. The molecule has 0 aromatic heterocycles. The molecule has 0 bridgehead atoms. The van der Waals surface area contributed by atoms with Crippen molar-refractivity contribution < 1.29 is 12.6 Å². The summed E-state index contributed by atoms with van der Waals surface area (Å²) >= 11 is 0. The Kier molecular flexibility index (Phi) is 4.75. The molecule has 0 atom stereocenters. The molecule has 0 N–H and O–H groups in total. The molecular formula is C8H16N2O3S. The summed E-state index contributed by atoms with van der Waals surface area (Å²) in [5.74, 6) is 0. The normalized spacial score (nSPS) is 15.9. The summed E-state index contributed by atoms with van der Waals surface area (Å²) in [6, 6.07) is 0. The number of thiol groups is 1. The van der Waals surface area contributed by atoms with Gasteiger partial charge in [-0.15, -0.1) is 0 Å². The Hall–Kier alpha value is -0.750. The second-order valence-electron chi connectivity index (χ2n) is 3.07. The van der Waals surface area contributed by atoms with Crippen molar-refractivity contribution in [1.82, 2.24) is 9.80 Å². The molecule has 1 aliphatic heterocycles. The van der Waals surface area contributed by atoms with E-state index < -0.39 is 11.0 Å². The molecule has 0 fully saturated rings. The van der Waals surface area contributed by atoms with Crippen molar-refractivity contribution in [3.63, 3.8) is 0 Å². The zero-order valence-electron chi connectivity index (χ0n) is 8.26. The summed E-state index contributed by atoms with van der Waals surface area (Å²) in [4.78, 5) is 4.31. The van der Waals surface area contributed by atoms with Gasteiger partial charge in [-0.05, 0) is 13.3 Å². The summed E-state index contributed by atoms with van der Waals surface area (Å²) in [7, 11) is -2.68. The minimum atomic E-state index is -2.68. The Labute approximate surface area is 86.1 Å². The molecule has 6 heteroatoms. The maximum Gasteiger partial charge on any atom is 0.257 e. The van der Waals surface area contributed by atoms with Gasteiger partial charge >= 0.3 is 0 Å². The first-order valence-corrected chi connectivity index (χ1v) is 5.75. The van der Waals surface area contributed by atoms with Crippen LogP contribution in [-0.2, 0) is 15.2 Å². The maximum absolute atomic E-state index is 10.1. The summed E-state index contributed by atoms with van der Waals surface area (Å²) in [6.07, 6.45) is 4.78. The first kappa shape index (κ1) is 11.3. The molecular weight excluding hydrogens is 204 g/mol. The average molecular weight is 220 g/mol. The first-order chi connectivity index (χ1) is 6.72. The van der Waals surface area contributed by atoms with Crippen molar-refractivity contribution in [2.24, 2.45) is 0 Å². The number of rotatable bonds is 6. The van der Waals surface area contributed by atoms with E-state index >= 15 is 0 Å². The Morgan fingerprint density at radius 1 is 1.36 bits per heavy atom. The summed E-state index contributed by atoms with van der Waals surface area (Å²) in [5.41, 5.74) is 0. The van der Waals surface area contributed by atoms with E-state index in [1.165, 1.54) is 0 Å². The second-order valence-corrected chi connectivity index (χ2v) is 3.77. The van der Waals surface area contributed by atoms with Gasteiger partial charge in [-0.25, -0.2) is 8.42 Å². The summed E-state index contributed by atoms with van der Waals surface area (Å²) < 4.78 is 24.6. The molecule has 0 radical (unpaired) electrons. The van der Waals surface area contributed by atoms with Crippen molar-refractivity contribution >= 4 is 11.0 Å². The number of hydrogen-bond acceptors (Lipinski definition) is 5. The Bertz CT molecular complexity index is 257. The molecule has 0 amide bonds. The van der Waals surface area contributed by atoms with Crippen LogP contribution in [0.1, 0.15) is 13.3 Å². The molecule has 14 heavy (non-hydrogen) atoms. The Morgan fingerprint density at radius 2 is 2.07 bits per heavy atom. The van der Waals surface area contributed by atoms with Crippen LogP contribution < -0.4 is 0 Å². The second kappa shape index (κ2) is 5.87. The highest BCUT2D eigenvalue weighted by molar-refractivity contribution is 7.67. The third kappa shape index (κ3) is 3.97. The molecule has 0 aliphatic carbocycles. The monoisotopic (exact) mass is 220 g/mol. The fourth-order valence-corrected chi connectivity index (χ4v) is 1.55. The summed E-state index contributed by atoms with van der Waals surface area (Å²) in [6.45, 7) is 5.08. The van der Waals surface area contributed by atoms with Crippen LogP contribution in [0, 0.1) is 0 Å². The van der Waals surface area contributed by atoms with Gasteiger partial charge in [-0.1, -0.05) is 0 Å². The van der Waals surface area contributed by atoms with E-state index in [1.807, 2.05) is 12.4 Å². The smallest absolute Gasteiger partial charge is 0.257 e. The van der Waals surface area contributed by atoms with E-state index in [4.69, 9.17) is 0 Å². The predicted octanol–water partition coefficient (Wildman–Crippen LogP) is -0.0143. The Balaban J connectivity index is 2.06. The minimum absolute atomic E-state index is 0.273. The lowest BCUT2D eigenvalue weighted by Gasteiger charge is -2.19. The van der Waals surface area contributed by atoms with Crippen LogP contribution >= 0.6 is 0 Å². The van der Waals surface area contributed by atoms with Gasteiger partial charge in [0.25, 0.3) is 11.0 Å². The van der Waals surface area contributed by atoms with Gasteiger partial charge in [0.05, 0.1) is 13.3 Å². The molecule has 0 aromatic rings. The SMILES string of the molecule is CCN1C=CN(CCCO[SH](=O)=O)C1. The van der Waals surface area contributed by atoms with Gasteiger partial charge in [-0.2, -0.15) is 0 Å². The fourth-order valence-electron chi connectivity index (χ4n) is 1.27. The molecule has 5 nitrogen and oxygen atoms in total. The van der Waals surface area contributed by atoms with Gasteiger partial charge in [0.15, 0.2) is 0 Å². The average Bonchev–Trinajstić information content (AvgIpc) is 2.60. The topological polar surface area (TPSA) is 49.9 Å². The van der Waals surface area contributed by atoms with Gasteiger partial charge < -0.3 is 9.80 Å². The van der Waals surface area contributed by atoms with Crippen molar-refractivity contribution in [3.8, 4) is 0 Å². The molecule has 0 saturated carbocycles. The van der Waals surface area contributed by atoms with Gasteiger partial charge in [0.2, 0.25) is 0 Å². The summed E-state index contributed by atoms with van der Waals surface area (Å²) in [5, 5.41) is 0. The van der Waals surface area contributed by atoms with E-state index in [-0.39, 0.29) is 6.61 Å². The van der Waals surface area contributed by atoms with Crippen LogP contribution in [0.5, 0.6) is 0 Å². The van der Waals surface area contributed by atoms with Crippen molar-refractivity contribution in [3.05, 3.63) is 12.4 Å². The van der Waals surface area contributed by atoms with Gasteiger partial charge in [-0.3, -0.25) is 4.18 Å². The zero-order valence-corrected chi connectivity index (χ0v) is 9.15. The van der Waals surface area contributed by atoms with E-state index in [2.05, 4.69) is 20.9 Å². The van der Waals surface area contributed by atoms with E-state index in [0.717, 1.165) is 26.2 Å². The highest BCUT2D eigenvalue weighted by Crippen LogP contribution is 2.05. The Morgan fingerprint density at radius 3 is 2.64 bits per heavy atom. The van der Waals surface area contributed by atoms with Crippen molar-refractivity contribution in [2.45, 2.75) is 13.3 Å². The van der Waals surface area contributed by atoms with E-state index in [9.17, 15) is 8.42 Å². The molecule has 1 heterocycles. The molecule has 82 valence electrons. The number of hydrogen-bond donors (Lipinski definition) is 1. The van der Waals surface area contributed by atoms with Gasteiger partial charge in [0.1, 0.15) is 0 Å². The number of nitrogens with zero attached hydrogens (tertiary/aromatic N) is 2. The molecule has 1 aliphatic rings. The molecule has 0 aromatic carbocycles. The van der Waals surface area contributed by atoms with Crippen LogP contribution in [-0.4, -0.2) is 44.6 Å². The highest BCUT2D eigenvalue weighted by atomic mass is 32.2. The third-order valence-corrected chi connectivity index (χ3v) is 2.44. The lowest BCUT2D eigenvalue weighted by Crippen LogP contribution is -2.26. The lowest BCUT2D eigenvalue weighted by atomic mass is 10.4. The molecule has 0 unspecified atom stereocenters. The van der Waals surface area contributed by atoms with Crippen LogP contribution in [0.15, 0.2) is 12.4 Å². The van der Waals surface area contributed by atoms with Crippen LogP contribution in [0.3, 0.4) is 0 Å². The van der Waals surface area contributed by atoms with Crippen LogP contribution in [0.4, 0.5) is 0 Å². The maximum atomic E-state index is 10.1. The van der Waals surface area contributed by atoms with E-state index in [0.29, 0.717) is 0 Å². The zero-order chi connectivity index (χ0) is 10.4. The molecule has 1 rings (SSSR count). The first-order valence-electron chi connectivity index (χ1n) is 4.66. The largest absolute Gasteiger partial charge is 0.359 e. The molecule has 0 spiro atoms.